The minimum Gasteiger partial charge on any atom is -0.309 e. The molecule has 0 radical (unpaired) electrons. The van der Waals surface area contributed by atoms with Crippen molar-refractivity contribution in [1.82, 2.24) is 19.6 Å². The van der Waals surface area contributed by atoms with Gasteiger partial charge in [-0.15, -0.1) is 11.3 Å². The molecule has 0 saturated heterocycles. The maximum absolute atomic E-state index is 12.4. The lowest BCUT2D eigenvalue weighted by atomic mass is 10.3. The van der Waals surface area contributed by atoms with Crippen molar-refractivity contribution in [1.29, 1.82) is 0 Å². The van der Waals surface area contributed by atoms with Crippen LogP contribution in [-0.2, 0) is 29.9 Å². The number of carbonyl (C=O) groups is 1. The summed E-state index contributed by atoms with van der Waals surface area (Å²) in [6.45, 7) is -0.134. The van der Waals surface area contributed by atoms with Crippen LogP contribution >= 0.6 is 23.1 Å². The van der Waals surface area contributed by atoms with Crippen molar-refractivity contribution in [2.45, 2.75) is 18.1 Å². The lowest BCUT2D eigenvalue weighted by molar-refractivity contribution is -0.117. The number of hydrogen-bond donors (Lipinski definition) is 1. The van der Waals surface area contributed by atoms with Gasteiger partial charge in [0, 0.05) is 30.2 Å². The van der Waals surface area contributed by atoms with Crippen LogP contribution in [0.5, 0.6) is 0 Å². The molecule has 1 amide bonds. The highest BCUT2D eigenvalue weighted by atomic mass is 32.2. The number of fused-ring (bicyclic) bond motifs is 1. The molecular weight excluding hydrogens is 358 g/mol. The van der Waals surface area contributed by atoms with Crippen molar-refractivity contribution in [3.63, 3.8) is 0 Å². The van der Waals surface area contributed by atoms with E-state index in [1.165, 1.54) is 22.1 Å². The molecule has 1 aliphatic rings. The molecule has 4 rings (SSSR count). The molecule has 0 unspecified atom stereocenters. The van der Waals surface area contributed by atoms with Gasteiger partial charge in [0.15, 0.2) is 0 Å². The molecule has 0 atom stereocenters. The third-order valence-electron chi connectivity index (χ3n) is 3.91. The number of hydrogen-bond acceptors (Lipinski definition) is 6. The number of aromatic nitrogens is 4. The Bertz CT molecular complexity index is 991. The van der Waals surface area contributed by atoms with Gasteiger partial charge in [-0.2, -0.15) is 22.0 Å². The van der Waals surface area contributed by atoms with Gasteiger partial charge >= 0.3 is 0 Å². The number of nitrogens with one attached hydrogen (secondary N) is 1. The van der Waals surface area contributed by atoms with E-state index in [0.29, 0.717) is 11.5 Å². The zero-order valence-corrected chi connectivity index (χ0v) is 15.1. The van der Waals surface area contributed by atoms with Crippen molar-refractivity contribution in [2.75, 3.05) is 5.32 Å². The van der Waals surface area contributed by atoms with Crippen LogP contribution in [0.1, 0.15) is 11.3 Å². The van der Waals surface area contributed by atoms with E-state index in [1.54, 1.807) is 29.6 Å². The average Bonchev–Trinajstić information content (AvgIpc) is 3.30. The largest absolute Gasteiger partial charge is 0.309 e. The third-order valence-corrected chi connectivity index (χ3v) is 5.77. The third kappa shape index (κ3) is 3.12. The molecule has 0 spiro atoms. The second-order valence-electron chi connectivity index (χ2n) is 5.63. The summed E-state index contributed by atoms with van der Waals surface area (Å²) >= 11 is 3.31. The fraction of sp³-hybridized carbons (Fsp3) is 0.250. The van der Waals surface area contributed by atoms with Crippen molar-refractivity contribution in [3.8, 4) is 10.6 Å². The Labute approximate surface area is 151 Å². The summed E-state index contributed by atoms with van der Waals surface area (Å²) in [4.78, 5) is 25.4. The van der Waals surface area contributed by atoms with Gasteiger partial charge in [-0.25, -0.2) is 4.68 Å². The lowest BCUT2D eigenvalue weighted by Crippen LogP contribution is -2.30. The van der Waals surface area contributed by atoms with Crippen LogP contribution in [0, 0.1) is 0 Å². The molecule has 128 valence electrons. The minimum atomic E-state index is -0.304. The first-order valence-electron chi connectivity index (χ1n) is 7.66. The molecule has 25 heavy (non-hydrogen) atoms. The Morgan fingerprint density at radius 1 is 1.28 bits per heavy atom. The first kappa shape index (κ1) is 16.1. The summed E-state index contributed by atoms with van der Waals surface area (Å²) in [6.07, 6.45) is 0. The number of anilines is 1. The number of nitrogens with zero attached hydrogens (tertiary/aromatic N) is 4. The summed E-state index contributed by atoms with van der Waals surface area (Å²) in [5, 5.41) is 13.5. The Hall–Kier alpha value is -2.39. The van der Waals surface area contributed by atoms with Crippen molar-refractivity contribution in [2.24, 2.45) is 7.05 Å². The maximum Gasteiger partial charge on any atom is 0.267 e. The summed E-state index contributed by atoms with van der Waals surface area (Å²) in [6, 6.07) is 6.96. The number of rotatable bonds is 4. The summed E-state index contributed by atoms with van der Waals surface area (Å²) in [5.74, 6) is 2.11. The van der Waals surface area contributed by atoms with Crippen LogP contribution in [0.2, 0.25) is 0 Å². The Kier molecular flexibility index (Phi) is 4.18. The van der Waals surface area contributed by atoms with Crippen LogP contribution in [0.3, 0.4) is 0 Å². The Balaban J connectivity index is 1.55. The molecule has 3 aromatic rings. The van der Waals surface area contributed by atoms with Gasteiger partial charge < -0.3 is 5.32 Å². The minimum absolute atomic E-state index is 0.134. The van der Waals surface area contributed by atoms with Crippen LogP contribution in [0.4, 0.5) is 5.82 Å². The van der Waals surface area contributed by atoms with Gasteiger partial charge in [0.2, 0.25) is 5.91 Å². The highest BCUT2D eigenvalue weighted by molar-refractivity contribution is 7.98. The molecule has 0 bridgehead atoms. The topological polar surface area (TPSA) is 81.8 Å². The summed E-state index contributed by atoms with van der Waals surface area (Å²) in [7, 11) is 1.81. The maximum atomic E-state index is 12.4. The monoisotopic (exact) mass is 373 g/mol. The number of thiophene rings is 1. The first-order chi connectivity index (χ1) is 12.1. The van der Waals surface area contributed by atoms with Crippen molar-refractivity contribution < 1.29 is 4.79 Å². The van der Waals surface area contributed by atoms with Crippen LogP contribution in [0.25, 0.3) is 10.6 Å². The van der Waals surface area contributed by atoms with Crippen molar-refractivity contribution >= 4 is 34.8 Å². The lowest BCUT2D eigenvalue weighted by Gasteiger charge is -2.09. The van der Waals surface area contributed by atoms with Gasteiger partial charge in [-0.1, -0.05) is 6.07 Å². The quantitative estimate of drug-likeness (QED) is 0.757. The number of carbonyl (C=O) groups excluding carboxylic acids is 1. The zero-order chi connectivity index (χ0) is 17.4. The second kappa shape index (κ2) is 6.49. The normalized spacial score (nSPS) is 13.0. The molecule has 3 aromatic heterocycles. The van der Waals surface area contributed by atoms with E-state index in [4.69, 9.17) is 0 Å². The van der Waals surface area contributed by atoms with E-state index in [0.717, 1.165) is 27.6 Å². The zero-order valence-electron chi connectivity index (χ0n) is 13.4. The Morgan fingerprint density at radius 3 is 2.96 bits per heavy atom. The van der Waals surface area contributed by atoms with Gasteiger partial charge in [-0.05, 0) is 17.5 Å². The highest BCUT2D eigenvalue weighted by Gasteiger charge is 2.22. The molecule has 0 aromatic carbocycles. The molecule has 1 N–H and O–H groups in total. The molecule has 0 saturated carbocycles. The van der Waals surface area contributed by atoms with Gasteiger partial charge in [0.05, 0.1) is 10.6 Å². The van der Waals surface area contributed by atoms with E-state index >= 15 is 0 Å². The van der Waals surface area contributed by atoms with E-state index in [-0.39, 0.29) is 18.0 Å². The van der Waals surface area contributed by atoms with E-state index in [2.05, 4.69) is 15.5 Å². The molecule has 1 aliphatic heterocycles. The summed E-state index contributed by atoms with van der Waals surface area (Å²) in [5.41, 5.74) is 2.45. The predicted octanol–water partition coefficient (Wildman–Crippen LogP) is 2.09. The SMILES string of the molecule is Cn1nc2c(c1NC(=O)Cn1nc(-c3cccs3)ccc1=O)CSC2. The molecule has 4 heterocycles. The van der Waals surface area contributed by atoms with Gasteiger partial charge in [-0.3, -0.25) is 14.3 Å². The highest BCUT2D eigenvalue weighted by Crippen LogP contribution is 2.34. The van der Waals surface area contributed by atoms with Crippen LogP contribution in [0.15, 0.2) is 34.4 Å². The first-order valence-corrected chi connectivity index (χ1v) is 9.69. The van der Waals surface area contributed by atoms with Crippen LogP contribution in [-0.4, -0.2) is 25.5 Å². The average molecular weight is 373 g/mol. The predicted molar refractivity (Wildman–Crippen MR) is 98.6 cm³/mol. The van der Waals surface area contributed by atoms with Gasteiger partial charge in [0.25, 0.3) is 5.56 Å². The second-order valence-corrected chi connectivity index (χ2v) is 7.56. The number of thioether (sulfide) groups is 1. The molecule has 0 aliphatic carbocycles. The fourth-order valence-corrected chi connectivity index (χ4v) is 4.45. The molecule has 9 heteroatoms. The molecular formula is C16H15N5O2S2. The molecule has 7 nitrogen and oxygen atoms in total. The van der Waals surface area contributed by atoms with Crippen LogP contribution < -0.4 is 10.9 Å². The Morgan fingerprint density at radius 2 is 2.16 bits per heavy atom. The van der Waals surface area contributed by atoms with Gasteiger partial charge in [0.1, 0.15) is 18.1 Å². The smallest absolute Gasteiger partial charge is 0.267 e. The van der Waals surface area contributed by atoms with E-state index < -0.39 is 0 Å². The fourth-order valence-electron chi connectivity index (χ4n) is 2.72. The van der Waals surface area contributed by atoms with E-state index in [1.807, 2.05) is 17.5 Å². The molecule has 0 fully saturated rings. The summed E-state index contributed by atoms with van der Waals surface area (Å²) < 4.78 is 2.87. The number of aryl methyl sites for hydroxylation is 1. The number of amides is 1. The van der Waals surface area contributed by atoms with Crippen molar-refractivity contribution in [3.05, 3.63) is 51.3 Å². The van der Waals surface area contributed by atoms with E-state index in [9.17, 15) is 9.59 Å². The standard InChI is InChI=1S/C16H15N5O2S2/c1-20-16(10-8-24-9-12(10)18-20)17-14(22)7-21-15(23)5-4-11(19-21)13-3-2-6-25-13/h2-6H,7-9H2,1H3,(H,17,22).